The second-order valence-electron chi connectivity index (χ2n) is 6.22. The first kappa shape index (κ1) is 16.6. The van der Waals surface area contributed by atoms with Crippen LogP contribution in [0.4, 0.5) is 0 Å². The zero-order valence-corrected chi connectivity index (χ0v) is 13.5. The van der Waals surface area contributed by atoms with Crippen molar-refractivity contribution < 1.29 is 28.9 Å². The maximum Gasteiger partial charge on any atom is 0.311 e. The fourth-order valence-electron chi connectivity index (χ4n) is 2.99. The van der Waals surface area contributed by atoms with Crippen LogP contribution >= 0.6 is 0 Å². The number of nitrogens with one attached hydrogen (secondary N) is 1. The molecule has 0 radical (unpaired) electrons. The van der Waals surface area contributed by atoms with E-state index in [0.29, 0.717) is 37.6 Å². The Hall–Kier alpha value is -2.28. The second-order valence-corrected chi connectivity index (χ2v) is 6.22. The van der Waals surface area contributed by atoms with E-state index >= 15 is 0 Å². The molecule has 1 aromatic carbocycles. The van der Waals surface area contributed by atoms with E-state index < -0.39 is 23.6 Å². The van der Waals surface area contributed by atoms with Crippen LogP contribution in [0.5, 0.6) is 11.5 Å². The summed E-state index contributed by atoms with van der Waals surface area (Å²) in [6.07, 6.45) is -0.521. The number of amides is 1. The SMILES string of the molecule is CC1Oc2ccccc2OC1C(=O)NCC1(C(=O)O)CCOCC1. The number of para-hydroxylation sites is 2. The van der Waals surface area contributed by atoms with Crippen LogP contribution in [-0.4, -0.2) is 48.9 Å². The fraction of sp³-hybridized carbons (Fsp3) is 0.529. The highest BCUT2D eigenvalue weighted by molar-refractivity contribution is 5.83. The van der Waals surface area contributed by atoms with Crippen LogP contribution in [0, 0.1) is 5.41 Å². The number of carbonyl (C=O) groups excluding carboxylic acids is 1. The number of carboxylic acids is 1. The molecule has 2 aliphatic rings. The minimum absolute atomic E-state index is 0.0543. The topological polar surface area (TPSA) is 94.1 Å². The summed E-state index contributed by atoms with van der Waals surface area (Å²) >= 11 is 0. The molecule has 0 aromatic heterocycles. The summed E-state index contributed by atoms with van der Waals surface area (Å²) in [4.78, 5) is 24.1. The van der Waals surface area contributed by atoms with Gasteiger partial charge in [0, 0.05) is 19.8 Å². The molecule has 2 heterocycles. The Morgan fingerprint density at radius 1 is 1.21 bits per heavy atom. The molecule has 1 aromatic rings. The molecule has 1 amide bonds. The van der Waals surface area contributed by atoms with Crippen LogP contribution in [0.2, 0.25) is 0 Å². The van der Waals surface area contributed by atoms with Crippen molar-refractivity contribution in [1.29, 1.82) is 0 Å². The van der Waals surface area contributed by atoms with Gasteiger partial charge in [-0.15, -0.1) is 0 Å². The number of rotatable bonds is 4. The molecule has 2 aliphatic heterocycles. The van der Waals surface area contributed by atoms with Gasteiger partial charge >= 0.3 is 5.97 Å². The van der Waals surface area contributed by atoms with Crippen molar-refractivity contribution in [2.45, 2.75) is 32.0 Å². The molecule has 1 saturated heterocycles. The monoisotopic (exact) mass is 335 g/mol. The average molecular weight is 335 g/mol. The Morgan fingerprint density at radius 2 is 1.83 bits per heavy atom. The predicted octanol–water partition coefficient (Wildman–Crippen LogP) is 1.21. The number of carbonyl (C=O) groups is 2. The number of hydrogen-bond donors (Lipinski definition) is 2. The molecule has 0 bridgehead atoms. The average Bonchev–Trinajstić information content (AvgIpc) is 2.59. The third kappa shape index (κ3) is 3.17. The van der Waals surface area contributed by atoms with Gasteiger partial charge in [-0.3, -0.25) is 9.59 Å². The zero-order valence-electron chi connectivity index (χ0n) is 13.5. The van der Waals surface area contributed by atoms with Crippen molar-refractivity contribution in [1.82, 2.24) is 5.32 Å². The Balaban J connectivity index is 1.65. The number of carboxylic acid groups (broad SMARTS) is 1. The van der Waals surface area contributed by atoms with Gasteiger partial charge in [-0.05, 0) is 31.9 Å². The number of fused-ring (bicyclic) bond motifs is 1. The Bertz CT molecular complexity index is 625. The highest BCUT2D eigenvalue weighted by Gasteiger charge is 2.42. The quantitative estimate of drug-likeness (QED) is 0.859. The molecule has 2 unspecified atom stereocenters. The van der Waals surface area contributed by atoms with E-state index in [1.165, 1.54) is 0 Å². The van der Waals surface area contributed by atoms with Crippen LogP contribution in [-0.2, 0) is 14.3 Å². The van der Waals surface area contributed by atoms with Gasteiger partial charge in [0.05, 0.1) is 5.41 Å². The normalized spacial score (nSPS) is 24.9. The highest BCUT2D eigenvalue weighted by atomic mass is 16.6. The van der Waals surface area contributed by atoms with Gasteiger partial charge in [0.25, 0.3) is 5.91 Å². The maximum absolute atomic E-state index is 12.5. The molecule has 2 atom stereocenters. The van der Waals surface area contributed by atoms with Crippen molar-refractivity contribution in [3.05, 3.63) is 24.3 Å². The van der Waals surface area contributed by atoms with Crippen LogP contribution < -0.4 is 14.8 Å². The number of hydrogen-bond acceptors (Lipinski definition) is 5. The van der Waals surface area contributed by atoms with Gasteiger partial charge in [-0.1, -0.05) is 12.1 Å². The Labute approximate surface area is 139 Å². The van der Waals surface area contributed by atoms with Crippen molar-refractivity contribution in [3.8, 4) is 11.5 Å². The summed E-state index contributed by atoms with van der Waals surface area (Å²) in [6.45, 7) is 2.57. The maximum atomic E-state index is 12.5. The van der Waals surface area contributed by atoms with E-state index in [1.807, 2.05) is 6.07 Å². The van der Waals surface area contributed by atoms with Crippen molar-refractivity contribution in [3.63, 3.8) is 0 Å². The van der Waals surface area contributed by atoms with E-state index in [-0.39, 0.29) is 12.5 Å². The third-order valence-electron chi connectivity index (χ3n) is 4.61. The third-order valence-corrected chi connectivity index (χ3v) is 4.61. The largest absolute Gasteiger partial charge is 0.482 e. The van der Waals surface area contributed by atoms with E-state index in [2.05, 4.69) is 5.32 Å². The van der Waals surface area contributed by atoms with Gasteiger partial charge in [0.2, 0.25) is 6.10 Å². The zero-order chi connectivity index (χ0) is 17.2. The van der Waals surface area contributed by atoms with E-state index in [4.69, 9.17) is 14.2 Å². The highest BCUT2D eigenvalue weighted by Crippen LogP contribution is 2.34. The lowest BCUT2D eigenvalue weighted by atomic mass is 9.80. The second kappa shape index (κ2) is 6.68. The first-order chi connectivity index (χ1) is 11.5. The number of benzene rings is 1. The van der Waals surface area contributed by atoms with Crippen LogP contribution in [0.25, 0.3) is 0 Å². The van der Waals surface area contributed by atoms with Gasteiger partial charge in [-0.2, -0.15) is 0 Å². The minimum atomic E-state index is -0.982. The standard InChI is InChI=1S/C17H21NO6/c1-11-14(24-13-5-3-2-4-12(13)23-11)15(19)18-10-17(16(20)21)6-8-22-9-7-17/h2-5,11,14H,6-10H2,1H3,(H,18,19)(H,20,21). The molecule has 1 fully saturated rings. The molecule has 3 rings (SSSR count). The molecule has 0 saturated carbocycles. The fourth-order valence-corrected chi connectivity index (χ4v) is 2.99. The summed E-state index contributed by atoms with van der Waals surface area (Å²) in [5.74, 6) is -0.176. The van der Waals surface area contributed by atoms with Crippen molar-refractivity contribution >= 4 is 11.9 Å². The van der Waals surface area contributed by atoms with Crippen LogP contribution in [0.15, 0.2) is 24.3 Å². The van der Waals surface area contributed by atoms with Gasteiger partial charge < -0.3 is 24.6 Å². The molecule has 130 valence electrons. The number of ether oxygens (including phenoxy) is 3. The molecule has 7 nitrogen and oxygen atoms in total. The molecular formula is C17H21NO6. The van der Waals surface area contributed by atoms with Crippen LogP contribution in [0.1, 0.15) is 19.8 Å². The first-order valence-electron chi connectivity index (χ1n) is 8.03. The smallest absolute Gasteiger partial charge is 0.311 e. The van der Waals surface area contributed by atoms with E-state index in [9.17, 15) is 14.7 Å². The lowest BCUT2D eigenvalue weighted by molar-refractivity contribution is -0.155. The molecule has 2 N–H and O–H groups in total. The van der Waals surface area contributed by atoms with E-state index in [0.717, 1.165) is 0 Å². The molecule has 24 heavy (non-hydrogen) atoms. The van der Waals surface area contributed by atoms with E-state index in [1.54, 1.807) is 25.1 Å². The van der Waals surface area contributed by atoms with Crippen LogP contribution in [0.3, 0.4) is 0 Å². The van der Waals surface area contributed by atoms with Crippen molar-refractivity contribution in [2.75, 3.05) is 19.8 Å². The minimum Gasteiger partial charge on any atom is -0.482 e. The summed E-state index contributed by atoms with van der Waals surface area (Å²) in [5, 5.41) is 12.3. The Morgan fingerprint density at radius 3 is 2.46 bits per heavy atom. The molecule has 0 aliphatic carbocycles. The number of aliphatic carboxylic acids is 1. The lowest BCUT2D eigenvalue weighted by Gasteiger charge is -2.35. The summed E-state index contributed by atoms with van der Waals surface area (Å²) in [6, 6.07) is 7.14. The molecule has 7 heteroatoms. The predicted molar refractivity (Wildman–Crippen MR) is 84.1 cm³/mol. The Kier molecular flexibility index (Phi) is 4.62. The summed E-state index contributed by atoms with van der Waals surface area (Å²) in [7, 11) is 0. The van der Waals surface area contributed by atoms with Crippen molar-refractivity contribution in [2.24, 2.45) is 5.41 Å². The van der Waals surface area contributed by atoms with Gasteiger partial charge in [0.15, 0.2) is 11.5 Å². The van der Waals surface area contributed by atoms with Gasteiger partial charge in [0.1, 0.15) is 6.10 Å². The lowest BCUT2D eigenvalue weighted by Crippen LogP contribution is -2.53. The first-order valence-corrected chi connectivity index (χ1v) is 8.03. The van der Waals surface area contributed by atoms with Gasteiger partial charge in [-0.25, -0.2) is 0 Å². The summed E-state index contributed by atoms with van der Waals surface area (Å²) < 4.78 is 16.7. The molecular weight excluding hydrogens is 314 g/mol. The molecule has 0 spiro atoms. The summed E-state index contributed by atoms with van der Waals surface area (Å²) in [5.41, 5.74) is -0.982.